The van der Waals surface area contributed by atoms with Crippen molar-refractivity contribution in [3.05, 3.63) is 58.8 Å². The average molecular weight is 368 g/mol. The van der Waals surface area contributed by atoms with Gasteiger partial charge < -0.3 is 10.2 Å². The normalized spacial score (nSPS) is 16.8. The number of nitrogens with zero attached hydrogens (tertiary/aromatic N) is 5. The minimum atomic E-state index is 0.0882. The highest BCUT2D eigenvalue weighted by Gasteiger charge is 2.26. The number of carbonyl (C=O) groups is 1. The second-order valence-corrected chi connectivity index (χ2v) is 7.14. The summed E-state index contributed by atoms with van der Waals surface area (Å²) in [5.41, 5.74) is 1.84. The lowest BCUT2D eigenvalue weighted by atomic mass is 10.0. The number of anilines is 1. The van der Waals surface area contributed by atoms with Crippen molar-refractivity contribution in [3.63, 3.8) is 0 Å². The quantitative estimate of drug-likeness (QED) is 0.749. The van der Waals surface area contributed by atoms with Crippen LogP contribution in [0.3, 0.4) is 0 Å². The van der Waals surface area contributed by atoms with Crippen molar-refractivity contribution < 1.29 is 4.79 Å². The zero-order chi connectivity index (χ0) is 17.8. The lowest BCUT2D eigenvalue weighted by Gasteiger charge is -2.24. The Morgan fingerprint density at radius 1 is 1.23 bits per heavy atom. The van der Waals surface area contributed by atoms with Gasteiger partial charge in [-0.1, -0.05) is 0 Å². The maximum Gasteiger partial charge on any atom is 0.255 e. The third-order valence-electron chi connectivity index (χ3n) is 4.52. The summed E-state index contributed by atoms with van der Waals surface area (Å²) in [5.74, 6) is 1.03. The third-order valence-corrected chi connectivity index (χ3v) is 5.21. The minimum absolute atomic E-state index is 0.0882. The van der Waals surface area contributed by atoms with Crippen LogP contribution in [0.15, 0.2) is 47.5 Å². The monoisotopic (exact) mass is 368 g/mol. The number of hydrogen-bond acceptors (Lipinski definition) is 6. The van der Waals surface area contributed by atoms with Gasteiger partial charge in [-0.15, -0.1) is 0 Å². The van der Waals surface area contributed by atoms with E-state index in [4.69, 9.17) is 0 Å². The smallest absolute Gasteiger partial charge is 0.255 e. The van der Waals surface area contributed by atoms with Crippen LogP contribution in [0.5, 0.6) is 0 Å². The lowest BCUT2D eigenvalue weighted by Crippen LogP contribution is -2.34. The molecule has 0 fully saturated rings. The first-order valence-corrected chi connectivity index (χ1v) is 9.57. The van der Waals surface area contributed by atoms with Crippen LogP contribution in [0.25, 0.3) is 0 Å². The van der Waals surface area contributed by atoms with Crippen molar-refractivity contribution in [2.75, 3.05) is 18.4 Å². The second-order valence-electron chi connectivity index (χ2n) is 6.36. The molecule has 8 heteroatoms. The SMILES string of the molecule is O=C(c1ccsc1)N1Cc2ccnn2C[C@@H](CCNc2ncccn2)C1. The molecular weight excluding hydrogens is 348 g/mol. The van der Waals surface area contributed by atoms with Gasteiger partial charge in [0.05, 0.1) is 17.8 Å². The molecule has 1 atom stereocenters. The Labute approximate surface area is 155 Å². The van der Waals surface area contributed by atoms with E-state index in [9.17, 15) is 4.79 Å². The van der Waals surface area contributed by atoms with E-state index in [-0.39, 0.29) is 5.91 Å². The van der Waals surface area contributed by atoms with Gasteiger partial charge in [0.15, 0.2) is 0 Å². The molecule has 1 aliphatic heterocycles. The van der Waals surface area contributed by atoms with Gasteiger partial charge in [-0.3, -0.25) is 9.48 Å². The van der Waals surface area contributed by atoms with E-state index >= 15 is 0 Å². The maximum atomic E-state index is 12.9. The highest BCUT2D eigenvalue weighted by Crippen LogP contribution is 2.21. The molecule has 7 nitrogen and oxygen atoms in total. The third kappa shape index (κ3) is 3.75. The molecule has 3 aromatic heterocycles. The number of hydrogen-bond donors (Lipinski definition) is 1. The predicted molar refractivity (Wildman–Crippen MR) is 99.9 cm³/mol. The van der Waals surface area contributed by atoms with Gasteiger partial charge in [-0.05, 0) is 35.9 Å². The van der Waals surface area contributed by atoms with Crippen LogP contribution >= 0.6 is 11.3 Å². The van der Waals surface area contributed by atoms with E-state index in [0.717, 1.165) is 37.3 Å². The van der Waals surface area contributed by atoms with Gasteiger partial charge in [0.25, 0.3) is 5.91 Å². The van der Waals surface area contributed by atoms with E-state index in [1.165, 1.54) is 0 Å². The van der Waals surface area contributed by atoms with E-state index in [1.54, 1.807) is 36.0 Å². The molecule has 0 aliphatic carbocycles. The Hall–Kier alpha value is -2.74. The average Bonchev–Trinajstić information content (AvgIpc) is 3.31. The fourth-order valence-electron chi connectivity index (χ4n) is 3.22. The summed E-state index contributed by atoms with van der Waals surface area (Å²) in [7, 11) is 0. The molecule has 26 heavy (non-hydrogen) atoms. The molecule has 4 rings (SSSR count). The predicted octanol–water partition coefficient (Wildman–Crippen LogP) is 2.51. The number of fused-ring (bicyclic) bond motifs is 1. The lowest BCUT2D eigenvalue weighted by molar-refractivity contribution is 0.0720. The van der Waals surface area contributed by atoms with Gasteiger partial charge >= 0.3 is 0 Å². The first-order chi connectivity index (χ1) is 12.8. The summed E-state index contributed by atoms with van der Waals surface area (Å²) < 4.78 is 2.02. The zero-order valence-corrected chi connectivity index (χ0v) is 15.1. The van der Waals surface area contributed by atoms with E-state index in [0.29, 0.717) is 18.4 Å². The van der Waals surface area contributed by atoms with E-state index < -0.39 is 0 Å². The van der Waals surface area contributed by atoms with Crippen molar-refractivity contribution in [3.8, 4) is 0 Å². The Balaban J connectivity index is 1.45. The first kappa shape index (κ1) is 16.7. The molecule has 134 valence electrons. The summed E-state index contributed by atoms with van der Waals surface area (Å²) in [4.78, 5) is 23.2. The molecule has 1 aliphatic rings. The molecular formula is C18H20N6OS. The topological polar surface area (TPSA) is 75.9 Å². The minimum Gasteiger partial charge on any atom is -0.354 e. The molecule has 1 N–H and O–H groups in total. The number of thiophene rings is 1. The largest absolute Gasteiger partial charge is 0.354 e. The Morgan fingerprint density at radius 3 is 2.92 bits per heavy atom. The van der Waals surface area contributed by atoms with Gasteiger partial charge in [0, 0.05) is 43.6 Å². The van der Waals surface area contributed by atoms with Crippen molar-refractivity contribution in [2.24, 2.45) is 5.92 Å². The Bertz CT molecular complexity index is 848. The summed E-state index contributed by atoms with van der Waals surface area (Å²) in [5, 5.41) is 11.5. The standard InChI is InChI=1S/C18H20N6OS/c25-17(15-4-9-26-13-15)23-10-14(11-24-16(12-23)3-8-22-24)2-7-21-18-19-5-1-6-20-18/h1,3-6,8-9,13-14H,2,7,10-12H2,(H,19,20,21)/t14-/m0/s1. The Kier molecular flexibility index (Phi) is 4.92. The van der Waals surface area contributed by atoms with Gasteiger partial charge in [0.2, 0.25) is 5.95 Å². The zero-order valence-electron chi connectivity index (χ0n) is 14.3. The van der Waals surface area contributed by atoms with E-state index in [2.05, 4.69) is 20.4 Å². The molecule has 0 spiro atoms. The summed E-state index contributed by atoms with van der Waals surface area (Å²) in [6.45, 7) is 2.88. The number of rotatable bonds is 5. The highest BCUT2D eigenvalue weighted by molar-refractivity contribution is 7.08. The van der Waals surface area contributed by atoms with Crippen molar-refractivity contribution in [1.82, 2.24) is 24.6 Å². The summed E-state index contributed by atoms with van der Waals surface area (Å²) in [6.07, 6.45) is 6.16. The first-order valence-electron chi connectivity index (χ1n) is 8.62. The maximum absolute atomic E-state index is 12.9. The molecule has 0 aromatic carbocycles. The molecule has 1 amide bonds. The van der Waals surface area contributed by atoms with E-state index in [1.807, 2.05) is 32.5 Å². The fraction of sp³-hybridized carbons (Fsp3) is 0.333. The van der Waals surface area contributed by atoms with Crippen LogP contribution in [0, 0.1) is 5.92 Å². The fourth-order valence-corrected chi connectivity index (χ4v) is 3.85. The van der Waals surface area contributed by atoms with Crippen LogP contribution in [0.4, 0.5) is 5.95 Å². The number of amides is 1. The van der Waals surface area contributed by atoms with Crippen molar-refractivity contribution >= 4 is 23.2 Å². The van der Waals surface area contributed by atoms with Gasteiger partial charge in [-0.2, -0.15) is 16.4 Å². The molecule has 0 unspecified atom stereocenters. The molecule has 0 bridgehead atoms. The van der Waals surface area contributed by atoms with Crippen molar-refractivity contribution in [1.29, 1.82) is 0 Å². The van der Waals surface area contributed by atoms with Crippen molar-refractivity contribution in [2.45, 2.75) is 19.5 Å². The number of nitrogens with one attached hydrogen (secondary N) is 1. The second kappa shape index (κ2) is 7.65. The molecule has 0 saturated carbocycles. The summed E-state index contributed by atoms with van der Waals surface area (Å²) in [6, 6.07) is 5.68. The highest BCUT2D eigenvalue weighted by atomic mass is 32.1. The molecule has 0 radical (unpaired) electrons. The van der Waals surface area contributed by atoms with Crippen LogP contribution in [-0.2, 0) is 13.1 Å². The number of aromatic nitrogens is 4. The summed E-state index contributed by atoms with van der Waals surface area (Å²) >= 11 is 1.55. The van der Waals surface area contributed by atoms with Gasteiger partial charge in [-0.25, -0.2) is 9.97 Å². The van der Waals surface area contributed by atoms with Crippen LogP contribution < -0.4 is 5.32 Å². The molecule has 0 saturated heterocycles. The molecule has 4 heterocycles. The Morgan fingerprint density at radius 2 is 2.12 bits per heavy atom. The molecule has 3 aromatic rings. The van der Waals surface area contributed by atoms with Crippen LogP contribution in [-0.4, -0.2) is 43.6 Å². The van der Waals surface area contributed by atoms with Gasteiger partial charge in [0.1, 0.15) is 0 Å². The van der Waals surface area contributed by atoms with Crippen LogP contribution in [0.2, 0.25) is 0 Å². The van der Waals surface area contributed by atoms with Crippen LogP contribution in [0.1, 0.15) is 22.5 Å². The number of carbonyl (C=O) groups excluding carboxylic acids is 1.